The second kappa shape index (κ2) is 26.6. The molecule has 0 amide bonds. The van der Waals surface area contributed by atoms with Crippen molar-refractivity contribution in [3.63, 3.8) is 0 Å². The molecule has 12 heteroatoms. The van der Waals surface area contributed by atoms with E-state index in [1.807, 2.05) is 121 Å². The molecule has 0 atom stereocenters. The van der Waals surface area contributed by atoms with Gasteiger partial charge in [-0.15, -0.1) is 12.8 Å². The van der Waals surface area contributed by atoms with Gasteiger partial charge in [-0.2, -0.15) is 0 Å². The number of alkyl halides is 1. The Hall–Kier alpha value is -2.30. The average molecular weight is 766 g/mol. The van der Waals surface area contributed by atoms with E-state index in [4.69, 9.17) is 35.7 Å². The topological polar surface area (TPSA) is 101 Å². The molecule has 0 saturated heterocycles. The normalized spacial score (nSPS) is 10.5. The monoisotopic (exact) mass is 764 g/mol. The fourth-order valence-electron chi connectivity index (χ4n) is 3.44. The van der Waals surface area contributed by atoms with E-state index < -0.39 is 21.5 Å². The smallest absolute Gasteiger partial charge is 1.00 e. The first kappa shape index (κ1) is 43.7. The summed E-state index contributed by atoms with van der Waals surface area (Å²) in [5.74, 6) is 4.68. The summed E-state index contributed by atoms with van der Waals surface area (Å²) in [5.41, 5.74) is 3.58. The van der Waals surface area contributed by atoms with Crippen LogP contribution in [0.25, 0.3) is 0 Å². The summed E-state index contributed by atoms with van der Waals surface area (Å²) in [5, 5.41) is 9.89. The minimum absolute atomic E-state index is 0. The number of hydrogen-bond donors (Lipinski definition) is 1. The molecule has 0 heterocycles. The number of terminal acetylenes is 2. The molecular formula is C36H40BrNaO8P2. The van der Waals surface area contributed by atoms with E-state index in [1.54, 1.807) is 0 Å². The van der Waals surface area contributed by atoms with Crippen LogP contribution in [0, 0.1) is 24.7 Å². The number of benzene rings is 4. The van der Waals surface area contributed by atoms with Crippen molar-refractivity contribution in [1.82, 2.24) is 0 Å². The van der Waals surface area contributed by atoms with Crippen LogP contribution >= 0.6 is 31.1 Å². The molecule has 0 saturated carbocycles. The fourth-order valence-corrected chi connectivity index (χ4v) is 5.59. The fraction of sp³-hybridized carbons (Fsp3) is 0.222. The molecule has 0 fully saturated rings. The van der Waals surface area contributed by atoms with E-state index in [1.165, 1.54) is 0 Å². The van der Waals surface area contributed by atoms with Crippen LogP contribution in [0.5, 0.6) is 0 Å². The van der Waals surface area contributed by atoms with Crippen molar-refractivity contribution < 1.29 is 68.1 Å². The quantitative estimate of drug-likeness (QED) is 0.0495. The van der Waals surface area contributed by atoms with Crippen molar-refractivity contribution >= 4 is 31.1 Å². The van der Waals surface area contributed by atoms with Crippen LogP contribution in [-0.2, 0) is 58.4 Å². The molecular weight excluding hydrogens is 725 g/mol. The number of aliphatic hydroxyl groups excluding tert-OH is 1. The van der Waals surface area contributed by atoms with E-state index in [-0.39, 0.29) is 70.4 Å². The van der Waals surface area contributed by atoms with Gasteiger partial charge in [0.05, 0.1) is 31.8 Å². The molecule has 48 heavy (non-hydrogen) atoms. The van der Waals surface area contributed by atoms with Crippen LogP contribution in [-0.4, -0.2) is 29.7 Å². The molecule has 0 aliphatic carbocycles. The number of hydrogen-bond acceptors (Lipinski definition) is 8. The van der Waals surface area contributed by atoms with Crippen LogP contribution in [0.2, 0.25) is 0 Å². The maximum atomic E-state index is 12.8. The average Bonchev–Trinajstić information content (AvgIpc) is 3.14. The Morgan fingerprint density at radius 3 is 1.12 bits per heavy atom. The zero-order valence-corrected chi connectivity index (χ0v) is 32.3. The number of ether oxygens (including phenoxy) is 1. The Morgan fingerprint density at radius 2 is 0.875 bits per heavy atom. The maximum absolute atomic E-state index is 12.8. The Kier molecular flexibility index (Phi) is 24.2. The number of halogens is 1. The molecule has 0 spiro atoms. The van der Waals surface area contributed by atoms with Gasteiger partial charge in [0.15, 0.2) is 0 Å². The van der Waals surface area contributed by atoms with Crippen LogP contribution in [0.15, 0.2) is 121 Å². The number of rotatable bonds is 16. The van der Waals surface area contributed by atoms with E-state index in [2.05, 4.69) is 27.8 Å². The molecule has 4 rings (SSSR count). The van der Waals surface area contributed by atoms with Crippen LogP contribution < -0.4 is 29.6 Å². The van der Waals surface area contributed by atoms with Gasteiger partial charge in [-0.3, -0.25) is 9.13 Å². The zero-order chi connectivity index (χ0) is 34.1. The first-order valence-corrected chi connectivity index (χ1v) is 19.0. The van der Waals surface area contributed by atoms with Gasteiger partial charge in [0.25, 0.3) is 0 Å². The third-order valence-electron chi connectivity index (χ3n) is 5.77. The van der Waals surface area contributed by atoms with Gasteiger partial charge in [0.1, 0.15) is 19.3 Å². The zero-order valence-electron chi connectivity index (χ0n) is 27.9. The van der Waals surface area contributed by atoms with Crippen molar-refractivity contribution in [2.45, 2.75) is 26.4 Å². The van der Waals surface area contributed by atoms with Crippen LogP contribution in [0.1, 0.15) is 23.7 Å². The Balaban J connectivity index is 0.000000823. The molecule has 250 valence electrons. The van der Waals surface area contributed by atoms with Gasteiger partial charge >= 0.3 is 44.7 Å². The third-order valence-corrected chi connectivity index (χ3v) is 9.03. The summed E-state index contributed by atoms with van der Waals surface area (Å²) in [6.45, 7) is 0.729. The summed E-state index contributed by atoms with van der Waals surface area (Å²) in [4.78, 5) is 0. The SMILES string of the molecule is C#CCBr.C#CCOCP(=O)(OCc1ccccc1)OCc1ccccc1.O=P(CO)(OCc1ccccc1)OCc1ccccc1.[H-].[Na+]. The maximum Gasteiger partial charge on any atom is 1.00 e. The largest absolute Gasteiger partial charge is 1.00 e. The summed E-state index contributed by atoms with van der Waals surface area (Å²) in [6, 6.07) is 37.6. The van der Waals surface area contributed by atoms with Crippen molar-refractivity contribution in [3.05, 3.63) is 144 Å². The Bertz CT molecular complexity index is 1480. The van der Waals surface area contributed by atoms with Gasteiger partial charge in [-0.05, 0) is 22.3 Å². The second-order valence-corrected chi connectivity index (χ2v) is 14.0. The molecule has 8 nitrogen and oxygen atoms in total. The molecule has 4 aromatic carbocycles. The second-order valence-electron chi connectivity index (χ2n) is 9.42. The molecule has 0 aromatic heterocycles. The predicted octanol–water partition coefficient (Wildman–Crippen LogP) is 5.91. The summed E-state index contributed by atoms with van der Waals surface area (Å²) in [6.07, 6.45) is 9.07. The van der Waals surface area contributed by atoms with E-state index in [9.17, 15) is 14.2 Å². The summed E-state index contributed by atoms with van der Waals surface area (Å²) >= 11 is 3.01. The van der Waals surface area contributed by atoms with Gasteiger partial charge in [-0.25, -0.2) is 0 Å². The Labute approximate surface area is 316 Å². The first-order chi connectivity index (χ1) is 22.8. The van der Waals surface area contributed by atoms with Gasteiger partial charge in [0.2, 0.25) is 0 Å². The van der Waals surface area contributed by atoms with E-state index in [0.29, 0.717) is 5.33 Å². The van der Waals surface area contributed by atoms with Gasteiger partial charge in [-0.1, -0.05) is 149 Å². The van der Waals surface area contributed by atoms with Crippen LogP contribution in [0.4, 0.5) is 0 Å². The molecule has 4 aromatic rings. The number of aliphatic hydroxyl groups is 1. The summed E-state index contributed by atoms with van der Waals surface area (Å²) in [7, 11) is -6.87. The third kappa shape index (κ3) is 19.6. The molecule has 0 aliphatic rings. The van der Waals surface area contributed by atoms with E-state index >= 15 is 0 Å². The molecule has 0 aliphatic heterocycles. The Morgan fingerprint density at radius 1 is 0.583 bits per heavy atom. The predicted molar refractivity (Wildman–Crippen MR) is 191 cm³/mol. The first-order valence-electron chi connectivity index (χ1n) is 14.4. The molecule has 0 bridgehead atoms. The van der Waals surface area contributed by atoms with Gasteiger partial charge < -0.3 is 29.4 Å². The van der Waals surface area contributed by atoms with Crippen LogP contribution in [0.3, 0.4) is 0 Å². The van der Waals surface area contributed by atoms with Crippen molar-refractivity contribution in [2.24, 2.45) is 0 Å². The van der Waals surface area contributed by atoms with Gasteiger partial charge in [0, 0.05) is 0 Å². The van der Waals surface area contributed by atoms with Crippen molar-refractivity contribution in [2.75, 3.05) is 24.6 Å². The summed E-state index contributed by atoms with van der Waals surface area (Å²) < 4.78 is 51.8. The van der Waals surface area contributed by atoms with Crippen molar-refractivity contribution in [1.29, 1.82) is 0 Å². The molecule has 0 radical (unpaired) electrons. The van der Waals surface area contributed by atoms with E-state index in [0.717, 1.165) is 22.3 Å². The minimum atomic E-state index is -3.48. The molecule has 1 N–H and O–H groups in total. The minimum Gasteiger partial charge on any atom is -1.00 e. The molecule has 0 unspecified atom stereocenters. The standard InChI is InChI=1S/C18H19O4P.C15H17O4P.C3H3Br.Na.H/c1-2-13-20-16-23(19,21-14-17-9-5-3-6-10-17)22-15-18-11-7-4-8-12-18;16-13-20(17,18-11-14-7-3-1-4-8-14)19-12-15-9-5-2-6-10-15;1-2-3-4;;/h1,3-12H,13-16H2;1-10,16H,11-13H2;1H,3H2;;/q;;;+1;-1. The van der Waals surface area contributed by atoms with Crippen molar-refractivity contribution in [3.8, 4) is 24.7 Å².